The summed E-state index contributed by atoms with van der Waals surface area (Å²) in [5.74, 6) is 7.74. The molecule has 2 nitrogen and oxygen atoms in total. The van der Waals surface area contributed by atoms with Crippen LogP contribution in [0.1, 0.15) is 12.8 Å². The van der Waals surface area contributed by atoms with Gasteiger partial charge in [-0.3, -0.25) is 0 Å². The van der Waals surface area contributed by atoms with E-state index in [0.717, 1.165) is 12.8 Å². The van der Waals surface area contributed by atoms with Crippen LogP contribution in [0.4, 0.5) is 0 Å². The number of rotatable bonds is 0. The number of carbonyl (C=O) groups excluding carboxylic acids is 1. The Balaban J connectivity index is 2.35. The summed E-state index contributed by atoms with van der Waals surface area (Å²) >= 11 is 1.95. The molecule has 0 spiro atoms. The van der Waals surface area contributed by atoms with Gasteiger partial charge in [0.25, 0.3) is 0 Å². The van der Waals surface area contributed by atoms with Gasteiger partial charge < -0.3 is 4.74 Å². The van der Waals surface area contributed by atoms with Crippen molar-refractivity contribution in [3.05, 3.63) is 0 Å². The number of ether oxygens (including phenoxy) is 1. The van der Waals surface area contributed by atoms with Gasteiger partial charge in [-0.05, 0) is 24.3 Å². The maximum absolute atomic E-state index is 10.7. The fourth-order valence-corrected chi connectivity index (χ4v) is 2.16. The molecule has 0 unspecified atom stereocenters. The van der Waals surface area contributed by atoms with E-state index in [1.165, 1.54) is 18.6 Å². The molecule has 1 aliphatic rings. The first-order valence-corrected chi connectivity index (χ1v) is 5.15. The third-order valence-corrected chi connectivity index (χ3v) is 2.83. The van der Waals surface area contributed by atoms with Crippen LogP contribution in [0.3, 0.4) is 0 Å². The molecular formula is C9H12O2S. The van der Waals surface area contributed by atoms with Crippen LogP contribution >= 0.6 is 11.8 Å². The van der Waals surface area contributed by atoms with Gasteiger partial charge in [0.2, 0.25) is 0 Å². The molecular weight excluding hydrogens is 172 g/mol. The number of hydrogen-bond acceptors (Lipinski definition) is 3. The molecule has 0 aromatic rings. The van der Waals surface area contributed by atoms with Crippen molar-refractivity contribution in [2.45, 2.75) is 12.8 Å². The summed E-state index contributed by atoms with van der Waals surface area (Å²) in [5, 5.41) is 0. The van der Waals surface area contributed by atoms with E-state index in [1.807, 2.05) is 11.8 Å². The van der Waals surface area contributed by atoms with Crippen molar-refractivity contribution in [3.63, 3.8) is 0 Å². The van der Waals surface area contributed by atoms with Crippen LogP contribution in [0.25, 0.3) is 0 Å². The Morgan fingerprint density at radius 2 is 2.17 bits per heavy atom. The zero-order valence-corrected chi connectivity index (χ0v) is 7.95. The van der Waals surface area contributed by atoms with E-state index in [-0.39, 0.29) is 0 Å². The lowest BCUT2D eigenvalue weighted by molar-refractivity contribution is -0.133. The molecule has 1 rings (SSSR count). The summed E-state index contributed by atoms with van der Waals surface area (Å²) in [7, 11) is 1.35. The number of esters is 1. The Morgan fingerprint density at radius 1 is 1.50 bits per heavy atom. The molecule has 0 N–H and O–H groups in total. The van der Waals surface area contributed by atoms with E-state index in [9.17, 15) is 4.79 Å². The van der Waals surface area contributed by atoms with E-state index in [4.69, 9.17) is 0 Å². The minimum absolute atomic E-state index is 0.408. The maximum Gasteiger partial charge on any atom is 0.384 e. The van der Waals surface area contributed by atoms with E-state index in [2.05, 4.69) is 16.6 Å². The quantitative estimate of drug-likeness (QED) is 0.322. The first kappa shape index (κ1) is 9.47. The molecule has 0 saturated carbocycles. The standard InChI is InChI=1S/C9H12O2S/c1-11-9(10)3-2-8-4-6-12-7-5-8/h8H,4-7H2,1H3. The highest BCUT2D eigenvalue weighted by atomic mass is 32.2. The van der Waals surface area contributed by atoms with Gasteiger partial charge in [0.05, 0.1) is 7.11 Å². The lowest BCUT2D eigenvalue weighted by atomic mass is 10.0. The largest absolute Gasteiger partial charge is 0.459 e. The molecule has 3 heteroatoms. The van der Waals surface area contributed by atoms with Crippen molar-refractivity contribution in [2.24, 2.45) is 5.92 Å². The highest BCUT2D eigenvalue weighted by Crippen LogP contribution is 2.21. The van der Waals surface area contributed by atoms with Crippen LogP contribution < -0.4 is 0 Å². The van der Waals surface area contributed by atoms with Crippen LogP contribution in [0.2, 0.25) is 0 Å². The summed E-state index contributed by atoms with van der Waals surface area (Å²) < 4.78 is 4.42. The summed E-state index contributed by atoms with van der Waals surface area (Å²) in [6.45, 7) is 0. The van der Waals surface area contributed by atoms with E-state index in [1.54, 1.807) is 0 Å². The van der Waals surface area contributed by atoms with Crippen molar-refractivity contribution in [1.82, 2.24) is 0 Å². The molecule has 66 valence electrons. The Labute approximate surface area is 77.1 Å². The molecule has 0 atom stereocenters. The molecule has 0 radical (unpaired) electrons. The summed E-state index contributed by atoms with van der Waals surface area (Å²) in [5.41, 5.74) is 0. The van der Waals surface area contributed by atoms with Gasteiger partial charge in [-0.1, -0.05) is 5.92 Å². The minimum atomic E-state index is -0.423. The predicted molar refractivity (Wildman–Crippen MR) is 49.8 cm³/mol. The number of methoxy groups -OCH3 is 1. The second-order valence-corrected chi connectivity index (χ2v) is 3.87. The molecule has 1 saturated heterocycles. The van der Waals surface area contributed by atoms with Gasteiger partial charge in [0.15, 0.2) is 0 Å². The van der Waals surface area contributed by atoms with E-state index < -0.39 is 5.97 Å². The Kier molecular flexibility index (Phi) is 4.02. The molecule has 1 fully saturated rings. The molecule has 0 amide bonds. The zero-order chi connectivity index (χ0) is 8.81. The Morgan fingerprint density at radius 3 is 2.75 bits per heavy atom. The van der Waals surface area contributed by atoms with Gasteiger partial charge in [0.1, 0.15) is 0 Å². The first-order valence-electron chi connectivity index (χ1n) is 4.00. The number of hydrogen-bond donors (Lipinski definition) is 0. The van der Waals surface area contributed by atoms with Crippen molar-refractivity contribution in [3.8, 4) is 11.8 Å². The summed E-state index contributed by atoms with van der Waals surface area (Å²) in [4.78, 5) is 10.7. The number of thioether (sulfide) groups is 1. The average molecular weight is 184 g/mol. The van der Waals surface area contributed by atoms with Crippen LogP contribution in [-0.4, -0.2) is 24.6 Å². The molecule has 1 heterocycles. The predicted octanol–water partition coefficient (Wildman–Crippen LogP) is 1.31. The zero-order valence-electron chi connectivity index (χ0n) is 7.13. The first-order chi connectivity index (χ1) is 5.83. The van der Waals surface area contributed by atoms with Crippen molar-refractivity contribution < 1.29 is 9.53 Å². The fraction of sp³-hybridized carbons (Fsp3) is 0.667. The van der Waals surface area contributed by atoms with Crippen LogP contribution in [-0.2, 0) is 9.53 Å². The second-order valence-electron chi connectivity index (χ2n) is 2.65. The van der Waals surface area contributed by atoms with Crippen molar-refractivity contribution >= 4 is 17.7 Å². The highest BCUT2D eigenvalue weighted by molar-refractivity contribution is 7.99. The molecule has 0 aliphatic carbocycles. The van der Waals surface area contributed by atoms with Crippen LogP contribution in [0, 0.1) is 17.8 Å². The topological polar surface area (TPSA) is 26.3 Å². The van der Waals surface area contributed by atoms with Gasteiger partial charge >= 0.3 is 5.97 Å². The summed E-state index contributed by atoms with van der Waals surface area (Å²) in [6, 6.07) is 0. The monoisotopic (exact) mass is 184 g/mol. The Bertz CT molecular complexity index is 208. The lowest BCUT2D eigenvalue weighted by Gasteiger charge is -2.14. The molecule has 0 aromatic heterocycles. The van der Waals surface area contributed by atoms with Gasteiger partial charge in [0, 0.05) is 11.8 Å². The molecule has 1 aliphatic heterocycles. The smallest absolute Gasteiger partial charge is 0.384 e. The summed E-state index contributed by atoms with van der Waals surface area (Å²) in [6.07, 6.45) is 2.21. The number of carbonyl (C=O) groups is 1. The molecule has 0 bridgehead atoms. The van der Waals surface area contributed by atoms with Gasteiger partial charge in [-0.25, -0.2) is 4.79 Å². The average Bonchev–Trinajstić information content (AvgIpc) is 2.16. The fourth-order valence-electron chi connectivity index (χ4n) is 1.05. The Hall–Kier alpha value is -0.620. The van der Waals surface area contributed by atoms with E-state index in [0.29, 0.717) is 5.92 Å². The van der Waals surface area contributed by atoms with Crippen LogP contribution in [0.5, 0.6) is 0 Å². The highest BCUT2D eigenvalue weighted by Gasteiger charge is 2.10. The van der Waals surface area contributed by atoms with Gasteiger partial charge in [-0.15, -0.1) is 0 Å². The maximum atomic E-state index is 10.7. The van der Waals surface area contributed by atoms with Gasteiger partial charge in [-0.2, -0.15) is 11.8 Å². The molecule has 12 heavy (non-hydrogen) atoms. The van der Waals surface area contributed by atoms with E-state index >= 15 is 0 Å². The minimum Gasteiger partial charge on any atom is -0.459 e. The third kappa shape index (κ3) is 3.19. The second kappa shape index (κ2) is 5.10. The normalized spacial score (nSPS) is 17.8. The van der Waals surface area contributed by atoms with Crippen molar-refractivity contribution in [2.75, 3.05) is 18.6 Å². The van der Waals surface area contributed by atoms with Crippen LogP contribution in [0.15, 0.2) is 0 Å². The SMILES string of the molecule is COC(=O)C#CC1CCSCC1. The lowest BCUT2D eigenvalue weighted by Crippen LogP contribution is -2.07. The third-order valence-electron chi connectivity index (χ3n) is 1.79. The van der Waals surface area contributed by atoms with Crippen molar-refractivity contribution in [1.29, 1.82) is 0 Å². The molecule has 0 aromatic carbocycles.